The first kappa shape index (κ1) is 15.2. The molecule has 0 heterocycles. The first-order valence-corrected chi connectivity index (χ1v) is 6.32. The lowest BCUT2D eigenvalue weighted by molar-refractivity contribution is 0.269. The highest BCUT2D eigenvalue weighted by molar-refractivity contribution is 5.66. The van der Waals surface area contributed by atoms with Gasteiger partial charge in [-0.2, -0.15) is 0 Å². The molecule has 0 fully saturated rings. The fourth-order valence-corrected chi connectivity index (χ4v) is 2.01. The molecule has 0 amide bonds. The molecule has 0 aliphatic rings. The van der Waals surface area contributed by atoms with Crippen molar-refractivity contribution < 1.29 is 9.94 Å². The molecule has 104 valence electrons. The third-order valence-electron chi connectivity index (χ3n) is 2.94. The summed E-state index contributed by atoms with van der Waals surface area (Å²) in [4.78, 5) is 2.18. The van der Waals surface area contributed by atoms with Crippen molar-refractivity contribution in [3.63, 3.8) is 0 Å². The second-order valence-electron chi connectivity index (χ2n) is 4.50. The Morgan fingerprint density at radius 1 is 1.47 bits per heavy atom. The van der Waals surface area contributed by atoms with Crippen LogP contribution in [0, 0.1) is 0 Å². The van der Waals surface area contributed by atoms with E-state index in [0.717, 1.165) is 30.0 Å². The van der Waals surface area contributed by atoms with Crippen molar-refractivity contribution in [2.24, 2.45) is 5.16 Å². The van der Waals surface area contributed by atoms with Gasteiger partial charge in [0.15, 0.2) is 0 Å². The van der Waals surface area contributed by atoms with Crippen LogP contribution in [0.15, 0.2) is 41.6 Å². The van der Waals surface area contributed by atoms with Crippen molar-refractivity contribution in [2.45, 2.75) is 19.9 Å². The summed E-state index contributed by atoms with van der Waals surface area (Å²) in [6, 6.07) is 7.70. The topological polar surface area (TPSA) is 45.1 Å². The number of benzene rings is 1. The number of likely N-dealkylation sites (N-methyl/N-ethyl adjacent to an activating group) is 1. The van der Waals surface area contributed by atoms with E-state index in [9.17, 15) is 0 Å². The normalized spacial score (nSPS) is 12.8. The number of oxime groups is 1. The Kier molecular flexibility index (Phi) is 6.09. The van der Waals surface area contributed by atoms with E-state index in [-0.39, 0.29) is 6.04 Å². The van der Waals surface area contributed by atoms with Crippen LogP contribution in [0.2, 0.25) is 0 Å². The molecule has 0 aromatic heterocycles. The molecule has 0 aliphatic heterocycles. The van der Waals surface area contributed by atoms with Gasteiger partial charge in [0.25, 0.3) is 0 Å². The highest BCUT2D eigenvalue weighted by atomic mass is 16.5. The lowest BCUT2D eigenvalue weighted by Crippen LogP contribution is -2.31. The predicted octanol–water partition coefficient (Wildman–Crippen LogP) is 3.09. The standard InChI is InChI=1S/C15H22N2O2/c1-5-17(11-12(2)3)15(10-16-18)13-6-8-14(19-4)9-7-13/h6-10,15,18H,2,5,11H2,1,3-4H3/b16-10+. The van der Waals surface area contributed by atoms with Gasteiger partial charge in [-0.15, -0.1) is 5.16 Å². The van der Waals surface area contributed by atoms with Crippen LogP contribution in [0.5, 0.6) is 5.75 Å². The summed E-state index contributed by atoms with van der Waals surface area (Å²) < 4.78 is 5.15. The lowest BCUT2D eigenvalue weighted by atomic mass is 10.1. The number of methoxy groups -OCH3 is 1. The Bertz CT molecular complexity index is 426. The molecule has 4 nitrogen and oxygen atoms in total. The van der Waals surface area contributed by atoms with Crippen LogP contribution >= 0.6 is 0 Å². The average molecular weight is 262 g/mol. The molecule has 1 unspecified atom stereocenters. The van der Waals surface area contributed by atoms with Crippen molar-refractivity contribution in [3.05, 3.63) is 42.0 Å². The molecule has 0 bridgehead atoms. The molecule has 1 N–H and O–H groups in total. The van der Waals surface area contributed by atoms with Crippen LogP contribution in [-0.4, -0.2) is 36.5 Å². The maximum Gasteiger partial charge on any atom is 0.118 e. The second-order valence-corrected chi connectivity index (χ2v) is 4.50. The van der Waals surface area contributed by atoms with Gasteiger partial charge in [0.05, 0.1) is 19.4 Å². The minimum absolute atomic E-state index is 0.0717. The fraction of sp³-hybridized carbons (Fsp3) is 0.400. The van der Waals surface area contributed by atoms with Crippen molar-refractivity contribution >= 4 is 6.21 Å². The van der Waals surface area contributed by atoms with E-state index in [2.05, 4.69) is 23.6 Å². The first-order valence-electron chi connectivity index (χ1n) is 6.32. The maximum absolute atomic E-state index is 8.87. The molecule has 0 aliphatic carbocycles. The summed E-state index contributed by atoms with van der Waals surface area (Å²) in [5, 5.41) is 12.1. The van der Waals surface area contributed by atoms with E-state index >= 15 is 0 Å². The van der Waals surface area contributed by atoms with Crippen molar-refractivity contribution in [1.82, 2.24) is 4.90 Å². The summed E-state index contributed by atoms with van der Waals surface area (Å²) in [7, 11) is 1.64. The van der Waals surface area contributed by atoms with Gasteiger partial charge in [-0.25, -0.2) is 0 Å². The van der Waals surface area contributed by atoms with Crippen LogP contribution < -0.4 is 4.74 Å². The quantitative estimate of drug-likeness (QED) is 0.355. The summed E-state index contributed by atoms with van der Waals surface area (Å²) in [5.41, 5.74) is 2.13. The third kappa shape index (κ3) is 4.41. The second kappa shape index (κ2) is 7.59. The summed E-state index contributed by atoms with van der Waals surface area (Å²) >= 11 is 0. The van der Waals surface area contributed by atoms with E-state index in [0.29, 0.717) is 0 Å². The molecule has 19 heavy (non-hydrogen) atoms. The highest BCUT2D eigenvalue weighted by Gasteiger charge is 2.17. The van der Waals surface area contributed by atoms with Crippen LogP contribution in [0.3, 0.4) is 0 Å². The molecule has 0 radical (unpaired) electrons. The highest BCUT2D eigenvalue weighted by Crippen LogP contribution is 2.22. The van der Waals surface area contributed by atoms with Crippen molar-refractivity contribution in [3.8, 4) is 5.75 Å². The lowest BCUT2D eigenvalue weighted by Gasteiger charge is -2.28. The van der Waals surface area contributed by atoms with Crippen molar-refractivity contribution in [2.75, 3.05) is 20.2 Å². The van der Waals surface area contributed by atoms with Gasteiger partial charge in [-0.05, 0) is 31.2 Å². The third-order valence-corrected chi connectivity index (χ3v) is 2.94. The van der Waals surface area contributed by atoms with E-state index < -0.39 is 0 Å². The van der Waals surface area contributed by atoms with Gasteiger partial charge in [0.2, 0.25) is 0 Å². The molecule has 1 rings (SSSR count). The molecule has 0 saturated heterocycles. The number of rotatable bonds is 7. The van der Waals surface area contributed by atoms with Crippen LogP contribution in [-0.2, 0) is 0 Å². The van der Waals surface area contributed by atoms with Gasteiger partial charge in [0, 0.05) is 6.54 Å². The van der Waals surface area contributed by atoms with Gasteiger partial charge >= 0.3 is 0 Å². The number of hydrogen-bond donors (Lipinski definition) is 1. The smallest absolute Gasteiger partial charge is 0.118 e. The predicted molar refractivity (Wildman–Crippen MR) is 78.1 cm³/mol. The Hall–Kier alpha value is -1.81. The zero-order valence-electron chi connectivity index (χ0n) is 11.8. The summed E-state index contributed by atoms with van der Waals surface area (Å²) in [5.74, 6) is 0.811. The van der Waals surface area contributed by atoms with Gasteiger partial charge < -0.3 is 9.94 Å². The Morgan fingerprint density at radius 3 is 2.53 bits per heavy atom. The van der Waals surface area contributed by atoms with Crippen LogP contribution in [0.1, 0.15) is 25.5 Å². The number of nitrogens with zero attached hydrogens (tertiary/aromatic N) is 2. The summed E-state index contributed by atoms with van der Waals surface area (Å²) in [6.07, 6.45) is 1.54. The number of ether oxygens (including phenoxy) is 1. The molecular weight excluding hydrogens is 240 g/mol. The summed E-state index contributed by atoms with van der Waals surface area (Å²) in [6.45, 7) is 9.61. The minimum Gasteiger partial charge on any atom is -0.497 e. The molecule has 0 saturated carbocycles. The van der Waals surface area contributed by atoms with E-state index in [1.165, 1.54) is 6.21 Å². The molecule has 1 aromatic rings. The van der Waals surface area contributed by atoms with E-state index in [1.807, 2.05) is 31.2 Å². The zero-order valence-corrected chi connectivity index (χ0v) is 11.8. The zero-order chi connectivity index (χ0) is 14.3. The maximum atomic E-state index is 8.87. The first-order chi connectivity index (χ1) is 9.12. The SMILES string of the molecule is C=C(C)CN(CC)C(/C=N/O)c1ccc(OC)cc1. The van der Waals surface area contributed by atoms with Gasteiger partial charge in [0.1, 0.15) is 5.75 Å². The monoisotopic (exact) mass is 262 g/mol. The molecule has 1 atom stereocenters. The molecule has 0 spiro atoms. The van der Waals surface area contributed by atoms with Crippen LogP contribution in [0.25, 0.3) is 0 Å². The van der Waals surface area contributed by atoms with Crippen molar-refractivity contribution in [1.29, 1.82) is 0 Å². The number of hydrogen-bond acceptors (Lipinski definition) is 4. The molecule has 1 aromatic carbocycles. The van der Waals surface area contributed by atoms with Crippen LogP contribution in [0.4, 0.5) is 0 Å². The van der Waals surface area contributed by atoms with Gasteiger partial charge in [-0.3, -0.25) is 4.90 Å². The Balaban J connectivity index is 2.99. The minimum atomic E-state index is -0.0717. The van der Waals surface area contributed by atoms with E-state index in [4.69, 9.17) is 9.94 Å². The Labute approximate surface area is 115 Å². The van der Waals surface area contributed by atoms with E-state index in [1.54, 1.807) is 7.11 Å². The Morgan fingerprint density at radius 2 is 2.11 bits per heavy atom. The molecule has 4 heteroatoms. The molecular formula is C15H22N2O2. The fourth-order valence-electron chi connectivity index (χ4n) is 2.01. The largest absolute Gasteiger partial charge is 0.497 e. The van der Waals surface area contributed by atoms with Gasteiger partial charge in [-0.1, -0.05) is 31.2 Å². The average Bonchev–Trinajstić information content (AvgIpc) is 2.42.